The molecule has 2 aromatic rings. The number of anilines is 1. The molecule has 0 saturated heterocycles. The van der Waals surface area contributed by atoms with Crippen LogP contribution >= 0.6 is 27.3 Å². The summed E-state index contributed by atoms with van der Waals surface area (Å²) in [5, 5.41) is 12.2. The van der Waals surface area contributed by atoms with Gasteiger partial charge in [-0.3, -0.25) is 4.79 Å². The number of benzene rings is 1. The van der Waals surface area contributed by atoms with E-state index in [4.69, 9.17) is 5.73 Å². The monoisotopic (exact) mass is 326 g/mol. The van der Waals surface area contributed by atoms with Gasteiger partial charge in [0, 0.05) is 10.4 Å². The van der Waals surface area contributed by atoms with Crippen molar-refractivity contribution in [3.63, 3.8) is 0 Å². The Morgan fingerprint density at radius 2 is 2.17 bits per heavy atom. The van der Waals surface area contributed by atoms with Crippen LogP contribution in [0.5, 0.6) is 5.75 Å². The molecule has 0 aliphatic rings. The van der Waals surface area contributed by atoms with E-state index in [0.717, 1.165) is 8.66 Å². The molecule has 18 heavy (non-hydrogen) atoms. The first-order valence-electron chi connectivity index (χ1n) is 5.17. The number of phenols is 1. The Kier molecular flexibility index (Phi) is 3.88. The van der Waals surface area contributed by atoms with Gasteiger partial charge in [0.1, 0.15) is 5.75 Å². The number of nitrogen functional groups attached to an aromatic ring is 1. The van der Waals surface area contributed by atoms with E-state index in [1.807, 2.05) is 12.1 Å². The van der Waals surface area contributed by atoms with E-state index in [1.54, 1.807) is 17.4 Å². The molecule has 0 aliphatic heterocycles. The van der Waals surface area contributed by atoms with E-state index in [0.29, 0.717) is 12.1 Å². The zero-order chi connectivity index (χ0) is 13.1. The number of rotatable bonds is 3. The Labute approximate surface area is 117 Å². The molecule has 94 valence electrons. The van der Waals surface area contributed by atoms with Crippen LogP contribution in [0.1, 0.15) is 15.2 Å². The first kappa shape index (κ1) is 12.9. The van der Waals surface area contributed by atoms with Crippen molar-refractivity contribution in [2.75, 3.05) is 5.73 Å². The number of thiophene rings is 1. The molecule has 2 rings (SSSR count). The summed E-state index contributed by atoms with van der Waals surface area (Å²) in [6, 6.07) is 8.31. The minimum Gasteiger partial charge on any atom is -0.506 e. The molecular formula is C12H11BrN2O2S. The van der Waals surface area contributed by atoms with E-state index in [9.17, 15) is 9.90 Å². The lowest BCUT2D eigenvalue weighted by atomic mass is 10.2. The van der Waals surface area contributed by atoms with E-state index in [1.165, 1.54) is 12.1 Å². The normalized spacial score (nSPS) is 10.3. The summed E-state index contributed by atoms with van der Waals surface area (Å²) in [5.41, 5.74) is 6.12. The fourth-order valence-electron chi connectivity index (χ4n) is 1.40. The summed E-state index contributed by atoms with van der Waals surface area (Å²) in [6.07, 6.45) is 0. The number of amides is 1. The minimum absolute atomic E-state index is 0.0819. The van der Waals surface area contributed by atoms with Crippen LogP contribution in [-0.2, 0) is 6.54 Å². The van der Waals surface area contributed by atoms with Crippen LogP contribution in [0.15, 0.2) is 34.1 Å². The van der Waals surface area contributed by atoms with Gasteiger partial charge in [-0.15, -0.1) is 11.3 Å². The standard InChI is InChI=1S/C12H11BrN2O2S/c13-11-4-2-8(18-11)6-15-12(17)7-1-3-9(14)10(16)5-7/h1-5,16H,6,14H2,(H,15,17). The lowest BCUT2D eigenvalue weighted by Gasteiger charge is -2.05. The number of hydrogen-bond donors (Lipinski definition) is 3. The first-order valence-corrected chi connectivity index (χ1v) is 6.78. The Balaban J connectivity index is 2.01. The van der Waals surface area contributed by atoms with Gasteiger partial charge in [0.05, 0.1) is 16.0 Å². The minimum atomic E-state index is -0.241. The zero-order valence-electron chi connectivity index (χ0n) is 9.31. The molecule has 1 amide bonds. The summed E-state index contributed by atoms with van der Waals surface area (Å²) in [7, 11) is 0. The third-order valence-corrected chi connectivity index (χ3v) is 3.97. The molecule has 4 N–H and O–H groups in total. The van der Waals surface area contributed by atoms with E-state index >= 15 is 0 Å². The predicted molar refractivity (Wildman–Crippen MR) is 75.7 cm³/mol. The van der Waals surface area contributed by atoms with Crippen molar-refractivity contribution in [1.82, 2.24) is 5.32 Å². The smallest absolute Gasteiger partial charge is 0.251 e. The maximum absolute atomic E-state index is 11.8. The Hall–Kier alpha value is -1.53. The topological polar surface area (TPSA) is 75.4 Å². The van der Waals surface area contributed by atoms with Gasteiger partial charge in [-0.25, -0.2) is 0 Å². The van der Waals surface area contributed by atoms with Crippen molar-refractivity contribution in [2.24, 2.45) is 0 Å². The number of phenolic OH excluding ortho intramolecular Hbond substituents is 1. The van der Waals surface area contributed by atoms with Gasteiger partial charge in [0.25, 0.3) is 5.91 Å². The fourth-order valence-corrected chi connectivity index (χ4v) is 2.82. The van der Waals surface area contributed by atoms with Gasteiger partial charge in [-0.05, 0) is 46.3 Å². The molecule has 0 atom stereocenters. The highest BCUT2D eigenvalue weighted by Gasteiger charge is 2.08. The molecule has 0 fully saturated rings. The van der Waals surface area contributed by atoms with Crippen LogP contribution in [0.3, 0.4) is 0 Å². The van der Waals surface area contributed by atoms with Crippen molar-refractivity contribution < 1.29 is 9.90 Å². The third-order valence-electron chi connectivity index (χ3n) is 2.34. The number of carbonyl (C=O) groups is 1. The highest BCUT2D eigenvalue weighted by molar-refractivity contribution is 9.11. The number of nitrogens with two attached hydrogens (primary N) is 1. The van der Waals surface area contributed by atoms with E-state index in [2.05, 4.69) is 21.2 Å². The Morgan fingerprint density at radius 3 is 2.78 bits per heavy atom. The predicted octanol–water partition coefficient (Wildman–Crippen LogP) is 2.73. The highest BCUT2D eigenvalue weighted by atomic mass is 79.9. The SMILES string of the molecule is Nc1ccc(C(=O)NCc2ccc(Br)s2)cc1O. The van der Waals surface area contributed by atoms with Crippen molar-refractivity contribution in [1.29, 1.82) is 0 Å². The molecule has 0 unspecified atom stereocenters. The maximum atomic E-state index is 11.8. The van der Waals surface area contributed by atoms with Gasteiger partial charge >= 0.3 is 0 Å². The second-order valence-corrected chi connectivity index (χ2v) is 6.21. The van der Waals surface area contributed by atoms with Gasteiger partial charge in [0.2, 0.25) is 0 Å². The molecule has 1 aromatic carbocycles. The van der Waals surface area contributed by atoms with Gasteiger partial charge in [0.15, 0.2) is 0 Å². The quantitative estimate of drug-likeness (QED) is 0.599. The van der Waals surface area contributed by atoms with Crippen LogP contribution < -0.4 is 11.1 Å². The second-order valence-electron chi connectivity index (χ2n) is 3.66. The van der Waals surface area contributed by atoms with Crippen LogP contribution in [0.2, 0.25) is 0 Å². The Morgan fingerprint density at radius 1 is 1.39 bits per heavy atom. The zero-order valence-corrected chi connectivity index (χ0v) is 11.7. The lowest BCUT2D eigenvalue weighted by Crippen LogP contribution is -2.22. The molecule has 1 heterocycles. The van der Waals surface area contributed by atoms with E-state index in [-0.39, 0.29) is 17.3 Å². The van der Waals surface area contributed by atoms with Crippen LogP contribution in [0, 0.1) is 0 Å². The van der Waals surface area contributed by atoms with Crippen LogP contribution in [0.25, 0.3) is 0 Å². The molecule has 0 spiro atoms. The first-order chi connectivity index (χ1) is 8.56. The molecule has 1 aromatic heterocycles. The fraction of sp³-hybridized carbons (Fsp3) is 0.0833. The van der Waals surface area contributed by atoms with Crippen molar-refractivity contribution >= 4 is 38.9 Å². The van der Waals surface area contributed by atoms with Crippen LogP contribution in [-0.4, -0.2) is 11.0 Å². The average molecular weight is 327 g/mol. The summed E-state index contributed by atoms with van der Waals surface area (Å²) < 4.78 is 1.02. The number of halogens is 1. The van der Waals surface area contributed by atoms with Gasteiger partial charge in [-0.1, -0.05) is 0 Å². The number of carbonyl (C=O) groups excluding carboxylic acids is 1. The van der Waals surface area contributed by atoms with Crippen molar-refractivity contribution in [3.05, 3.63) is 44.6 Å². The summed E-state index contributed by atoms with van der Waals surface area (Å²) in [5.74, 6) is -0.323. The number of nitrogens with one attached hydrogen (secondary N) is 1. The largest absolute Gasteiger partial charge is 0.506 e. The molecular weight excluding hydrogens is 316 g/mol. The average Bonchev–Trinajstić information content (AvgIpc) is 2.75. The molecule has 0 saturated carbocycles. The van der Waals surface area contributed by atoms with Gasteiger partial charge < -0.3 is 16.2 Å². The van der Waals surface area contributed by atoms with Crippen LogP contribution in [0.4, 0.5) is 5.69 Å². The molecule has 0 bridgehead atoms. The number of hydrogen-bond acceptors (Lipinski definition) is 4. The van der Waals surface area contributed by atoms with Gasteiger partial charge in [-0.2, -0.15) is 0 Å². The van der Waals surface area contributed by atoms with Crippen molar-refractivity contribution in [2.45, 2.75) is 6.54 Å². The Bertz CT molecular complexity index is 583. The summed E-state index contributed by atoms with van der Waals surface area (Å²) >= 11 is 4.92. The number of aromatic hydroxyl groups is 1. The second kappa shape index (κ2) is 5.41. The third kappa shape index (κ3) is 3.02. The summed E-state index contributed by atoms with van der Waals surface area (Å²) in [4.78, 5) is 12.9. The molecule has 4 nitrogen and oxygen atoms in total. The maximum Gasteiger partial charge on any atom is 0.251 e. The highest BCUT2D eigenvalue weighted by Crippen LogP contribution is 2.22. The molecule has 6 heteroatoms. The van der Waals surface area contributed by atoms with Crippen molar-refractivity contribution in [3.8, 4) is 5.75 Å². The lowest BCUT2D eigenvalue weighted by molar-refractivity contribution is 0.0951. The molecule has 0 radical (unpaired) electrons. The summed E-state index contributed by atoms with van der Waals surface area (Å²) in [6.45, 7) is 0.459. The molecule has 0 aliphatic carbocycles. The van der Waals surface area contributed by atoms with E-state index < -0.39 is 0 Å².